The van der Waals surface area contributed by atoms with Crippen molar-refractivity contribution >= 4 is 0 Å². The van der Waals surface area contributed by atoms with Gasteiger partial charge in [0.15, 0.2) is 0 Å². The molecule has 0 amide bonds. The molecule has 0 radical (unpaired) electrons. The highest BCUT2D eigenvalue weighted by Crippen LogP contribution is 2.33. The maximum atomic E-state index is 14.1. The largest absolute Gasteiger partial charge is 0.390 e. The molecule has 2 heteroatoms. The van der Waals surface area contributed by atoms with Crippen molar-refractivity contribution in [1.82, 2.24) is 0 Å². The Bertz CT molecular complexity index is 169. The Kier molecular flexibility index (Phi) is 3.91. The molecule has 0 aliphatic heterocycles. The maximum Gasteiger partial charge on any atom is 0.140 e. The van der Waals surface area contributed by atoms with Gasteiger partial charge in [-0.25, -0.2) is 4.39 Å². The number of aliphatic hydroxyl groups excluding tert-OH is 1. The van der Waals surface area contributed by atoms with Crippen LogP contribution in [-0.2, 0) is 0 Å². The van der Waals surface area contributed by atoms with E-state index in [1.165, 1.54) is 0 Å². The molecule has 1 aliphatic carbocycles. The molecule has 0 aromatic carbocycles. The van der Waals surface area contributed by atoms with Gasteiger partial charge in [0, 0.05) is 6.42 Å². The Labute approximate surface area is 79.7 Å². The molecule has 0 aromatic rings. The van der Waals surface area contributed by atoms with Crippen LogP contribution in [0.2, 0.25) is 0 Å². The fourth-order valence-electron chi connectivity index (χ4n) is 2.01. The molecule has 0 bridgehead atoms. The summed E-state index contributed by atoms with van der Waals surface area (Å²) in [5.41, 5.74) is -1.40. The monoisotopic (exact) mass is 186 g/mol. The summed E-state index contributed by atoms with van der Waals surface area (Å²) in [6.07, 6.45) is 6.22. The van der Waals surface area contributed by atoms with Gasteiger partial charge in [0.2, 0.25) is 0 Å². The van der Waals surface area contributed by atoms with E-state index in [2.05, 4.69) is 6.58 Å². The van der Waals surface area contributed by atoms with Gasteiger partial charge >= 0.3 is 0 Å². The predicted octanol–water partition coefficient (Wildman–Crippen LogP) is 2.99. The van der Waals surface area contributed by atoms with Crippen molar-refractivity contribution in [3.8, 4) is 0 Å². The zero-order chi connectivity index (χ0) is 9.73. The first-order valence-electron chi connectivity index (χ1n) is 5.17. The molecule has 0 aromatic heterocycles. The van der Waals surface area contributed by atoms with Crippen LogP contribution in [0.5, 0.6) is 0 Å². The molecule has 2 unspecified atom stereocenters. The average molecular weight is 186 g/mol. The van der Waals surface area contributed by atoms with Crippen LogP contribution in [0.1, 0.15) is 44.9 Å². The summed E-state index contributed by atoms with van der Waals surface area (Å²) in [7, 11) is 0. The molecule has 13 heavy (non-hydrogen) atoms. The third kappa shape index (κ3) is 2.80. The molecule has 1 saturated carbocycles. The number of alkyl halides is 1. The van der Waals surface area contributed by atoms with E-state index in [0.717, 1.165) is 25.7 Å². The first-order chi connectivity index (χ1) is 6.19. The van der Waals surface area contributed by atoms with E-state index in [0.29, 0.717) is 12.8 Å². The second-order valence-electron chi connectivity index (χ2n) is 4.00. The number of halogens is 1. The van der Waals surface area contributed by atoms with E-state index in [4.69, 9.17) is 0 Å². The first kappa shape index (κ1) is 10.7. The Balaban J connectivity index is 2.58. The highest BCUT2D eigenvalue weighted by atomic mass is 19.1. The molecule has 1 N–H and O–H groups in total. The standard InChI is InChI=1S/C11H19FO/c1-2-8-11(12)9-6-4-3-5-7-10(11)13/h2,10,13H,1,3-9H2. The molecule has 0 spiro atoms. The second kappa shape index (κ2) is 4.75. The predicted molar refractivity (Wildman–Crippen MR) is 52.4 cm³/mol. The molecule has 0 saturated heterocycles. The fourth-order valence-corrected chi connectivity index (χ4v) is 2.01. The van der Waals surface area contributed by atoms with Crippen LogP contribution < -0.4 is 0 Å². The van der Waals surface area contributed by atoms with Gasteiger partial charge in [-0.3, -0.25) is 0 Å². The Morgan fingerprint density at radius 1 is 1.38 bits per heavy atom. The molecule has 1 nitrogen and oxygen atoms in total. The van der Waals surface area contributed by atoms with Crippen molar-refractivity contribution in [3.63, 3.8) is 0 Å². The van der Waals surface area contributed by atoms with Crippen LogP contribution in [0.4, 0.5) is 4.39 Å². The van der Waals surface area contributed by atoms with Gasteiger partial charge in [0.05, 0.1) is 6.10 Å². The quantitative estimate of drug-likeness (QED) is 0.657. The summed E-state index contributed by atoms with van der Waals surface area (Å²) in [5.74, 6) is 0. The van der Waals surface area contributed by atoms with Crippen molar-refractivity contribution in [2.24, 2.45) is 0 Å². The van der Waals surface area contributed by atoms with Crippen LogP contribution >= 0.6 is 0 Å². The van der Waals surface area contributed by atoms with Crippen molar-refractivity contribution in [2.45, 2.75) is 56.7 Å². The molecular weight excluding hydrogens is 167 g/mol. The minimum atomic E-state index is -1.40. The topological polar surface area (TPSA) is 20.2 Å². The SMILES string of the molecule is C=CCC1(F)CCCCCCC1O. The van der Waals surface area contributed by atoms with Gasteiger partial charge in [0.25, 0.3) is 0 Å². The average Bonchev–Trinajstić information content (AvgIpc) is 2.09. The van der Waals surface area contributed by atoms with Gasteiger partial charge in [0.1, 0.15) is 5.67 Å². The van der Waals surface area contributed by atoms with Crippen molar-refractivity contribution in [3.05, 3.63) is 12.7 Å². The molecule has 1 fully saturated rings. The molecule has 1 aliphatic rings. The minimum Gasteiger partial charge on any atom is -0.390 e. The number of rotatable bonds is 2. The Hall–Kier alpha value is -0.370. The number of aliphatic hydroxyl groups is 1. The normalized spacial score (nSPS) is 36.3. The van der Waals surface area contributed by atoms with E-state index in [1.807, 2.05) is 0 Å². The zero-order valence-electron chi connectivity index (χ0n) is 8.14. The summed E-state index contributed by atoms with van der Waals surface area (Å²) in [6, 6.07) is 0. The third-order valence-electron chi connectivity index (χ3n) is 2.90. The lowest BCUT2D eigenvalue weighted by atomic mass is 9.84. The fraction of sp³-hybridized carbons (Fsp3) is 0.818. The van der Waals surface area contributed by atoms with E-state index in [9.17, 15) is 9.50 Å². The summed E-state index contributed by atoms with van der Waals surface area (Å²) in [6.45, 7) is 3.54. The summed E-state index contributed by atoms with van der Waals surface area (Å²) < 4.78 is 14.1. The van der Waals surface area contributed by atoms with E-state index >= 15 is 0 Å². The van der Waals surface area contributed by atoms with Gasteiger partial charge in [-0.1, -0.05) is 31.8 Å². The Morgan fingerprint density at radius 2 is 2.08 bits per heavy atom. The summed E-state index contributed by atoms with van der Waals surface area (Å²) >= 11 is 0. The number of allylic oxidation sites excluding steroid dienone is 1. The van der Waals surface area contributed by atoms with Crippen LogP contribution in [0.15, 0.2) is 12.7 Å². The molecule has 76 valence electrons. The summed E-state index contributed by atoms with van der Waals surface area (Å²) in [5, 5.41) is 9.64. The molecule has 0 heterocycles. The summed E-state index contributed by atoms with van der Waals surface area (Å²) in [4.78, 5) is 0. The molecule has 2 atom stereocenters. The van der Waals surface area contributed by atoms with Gasteiger partial charge in [-0.05, 0) is 12.8 Å². The van der Waals surface area contributed by atoms with Gasteiger partial charge < -0.3 is 5.11 Å². The third-order valence-corrected chi connectivity index (χ3v) is 2.90. The molecule has 1 rings (SSSR count). The highest BCUT2D eigenvalue weighted by Gasteiger charge is 2.36. The first-order valence-corrected chi connectivity index (χ1v) is 5.17. The van der Waals surface area contributed by atoms with Crippen molar-refractivity contribution in [2.75, 3.05) is 0 Å². The lowest BCUT2D eigenvalue weighted by Crippen LogP contribution is -2.38. The van der Waals surface area contributed by atoms with Crippen LogP contribution in [-0.4, -0.2) is 16.9 Å². The Morgan fingerprint density at radius 3 is 2.77 bits per heavy atom. The lowest BCUT2D eigenvalue weighted by molar-refractivity contribution is -0.0250. The van der Waals surface area contributed by atoms with Gasteiger partial charge in [-0.2, -0.15) is 0 Å². The van der Waals surface area contributed by atoms with Crippen LogP contribution in [0, 0.1) is 0 Å². The van der Waals surface area contributed by atoms with Gasteiger partial charge in [-0.15, -0.1) is 6.58 Å². The number of hydrogen-bond donors (Lipinski definition) is 1. The van der Waals surface area contributed by atoms with E-state index < -0.39 is 11.8 Å². The molecular formula is C11H19FO. The minimum absolute atomic E-state index is 0.286. The van der Waals surface area contributed by atoms with Crippen LogP contribution in [0.25, 0.3) is 0 Å². The second-order valence-corrected chi connectivity index (χ2v) is 4.00. The van der Waals surface area contributed by atoms with E-state index in [-0.39, 0.29) is 6.42 Å². The van der Waals surface area contributed by atoms with Crippen molar-refractivity contribution in [1.29, 1.82) is 0 Å². The lowest BCUT2D eigenvalue weighted by Gasteiger charge is -2.31. The maximum absolute atomic E-state index is 14.1. The van der Waals surface area contributed by atoms with Crippen molar-refractivity contribution < 1.29 is 9.50 Å². The zero-order valence-corrected chi connectivity index (χ0v) is 8.14. The smallest absolute Gasteiger partial charge is 0.140 e. The van der Waals surface area contributed by atoms with E-state index in [1.54, 1.807) is 6.08 Å². The van der Waals surface area contributed by atoms with Crippen LogP contribution in [0.3, 0.4) is 0 Å². The highest BCUT2D eigenvalue weighted by molar-refractivity contribution is 4.93. The number of hydrogen-bond acceptors (Lipinski definition) is 1.